The lowest BCUT2D eigenvalue weighted by Gasteiger charge is -2.10. The number of halogens is 3. The second-order valence-corrected chi connectivity index (χ2v) is 7.56. The van der Waals surface area contributed by atoms with E-state index in [1.807, 2.05) is 24.3 Å². The van der Waals surface area contributed by atoms with Crippen molar-refractivity contribution in [2.45, 2.75) is 6.54 Å². The SMILES string of the molecule is O=C(COc1ccc(Cl)cc1Cl)NC(=S)NCc1ccc(-c2ccc(Cl)cc2)o1. The van der Waals surface area contributed by atoms with E-state index in [1.54, 1.807) is 24.3 Å². The van der Waals surface area contributed by atoms with E-state index >= 15 is 0 Å². The Morgan fingerprint density at radius 1 is 1.00 bits per heavy atom. The van der Waals surface area contributed by atoms with Gasteiger partial charge < -0.3 is 19.8 Å². The minimum absolute atomic E-state index is 0.158. The third-order valence-electron chi connectivity index (χ3n) is 3.72. The molecule has 1 heterocycles. The predicted molar refractivity (Wildman–Crippen MR) is 119 cm³/mol. The molecule has 0 radical (unpaired) electrons. The summed E-state index contributed by atoms with van der Waals surface area (Å²) >= 11 is 22.8. The van der Waals surface area contributed by atoms with Gasteiger partial charge in [-0.1, -0.05) is 34.8 Å². The third kappa shape index (κ3) is 6.37. The quantitative estimate of drug-likeness (QED) is 0.468. The van der Waals surface area contributed by atoms with Crippen molar-refractivity contribution in [3.8, 4) is 17.1 Å². The Kier molecular flexibility index (Phi) is 7.39. The highest BCUT2D eigenvalue weighted by molar-refractivity contribution is 7.80. The summed E-state index contributed by atoms with van der Waals surface area (Å²) < 4.78 is 11.1. The molecule has 0 atom stereocenters. The van der Waals surface area contributed by atoms with Crippen molar-refractivity contribution in [3.05, 3.63) is 75.4 Å². The zero-order valence-electron chi connectivity index (χ0n) is 14.9. The molecule has 0 spiro atoms. The van der Waals surface area contributed by atoms with Crippen LogP contribution in [0.15, 0.2) is 59.0 Å². The number of amides is 1. The van der Waals surface area contributed by atoms with E-state index in [4.69, 9.17) is 56.2 Å². The van der Waals surface area contributed by atoms with Gasteiger partial charge in [0.2, 0.25) is 0 Å². The Bertz CT molecular complexity index is 1020. The van der Waals surface area contributed by atoms with Crippen LogP contribution in [0.5, 0.6) is 5.75 Å². The Hall–Kier alpha value is -2.25. The fraction of sp³-hybridized carbons (Fsp3) is 0.100. The van der Waals surface area contributed by atoms with Gasteiger partial charge in [0.15, 0.2) is 11.7 Å². The molecule has 0 saturated carbocycles. The summed E-state index contributed by atoms with van der Waals surface area (Å²) in [6.45, 7) is 0.0706. The van der Waals surface area contributed by atoms with E-state index in [0.29, 0.717) is 38.9 Å². The topological polar surface area (TPSA) is 63.5 Å². The number of rotatable bonds is 6. The van der Waals surface area contributed by atoms with Crippen LogP contribution >= 0.6 is 47.0 Å². The fourth-order valence-electron chi connectivity index (χ4n) is 2.35. The van der Waals surface area contributed by atoms with E-state index in [-0.39, 0.29) is 11.7 Å². The summed E-state index contributed by atoms with van der Waals surface area (Å²) in [4.78, 5) is 12.0. The lowest BCUT2D eigenvalue weighted by atomic mass is 10.2. The zero-order chi connectivity index (χ0) is 20.8. The van der Waals surface area contributed by atoms with Crippen molar-refractivity contribution in [2.75, 3.05) is 6.61 Å². The maximum Gasteiger partial charge on any atom is 0.264 e. The van der Waals surface area contributed by atoms with Gasteiger partial charge in [0.05, 0.1) is 11.6 Å². The molecule has 0 aliphatic carbocycles. The normalized spacial score (nSPS) is 10.4. The first kappa shape index (κ1) is 21.5. The third-order valence-corrected chi connectivity index (χ3v) is 4.75. The molecule has 2 N–H and O–H groups in total. The van der Waals surface area contributed by atoms with Crippen molar-refractivity contribution >= 4 is 58.0 Å². The molecule has 0 unspecified atom stereocenters. The number of hydrogen-bond donors (Lipinski definition) is 2. The van der Waals surface area contributed by atoms with Gasteiger partial charge >= 0.3 is 0 Å². The highest BCUT2D eigenvalue weighted by Gasteiger charge is 2.10. The maximum atomic E-state index is 12.0. The molecule has 0 saturated heterocycles. The van der Waals surface area contributed by atoms with Gasteiger partial charge in [-0.15, -0.1) is 0 Å². The van der Waals surface area contributed by atoms with E-state index in [9.17, 15) is 4.79 Å². The standard InChI is InChI=1S/C20H15Cl3N2O3S/c21-13-3-1-12(2-4-13)17-8-6-15(28-17)10-24-20(29)25-19(26)11-27-18-7-5-14(22)9-16(18)23/h1-9H,10-11H2,(H2,24,25,26,29). The second-order valence-electron chi connectivity index (χ2n) is 5.87. The number of ether oxygens (including phenoxy) is 1. The Labute approximate surface area is 187 Å². The Morgan fingerprint density at radius 3 is 2.45 bits per heavy atom. The molecule has 3 aromatic rings. The lowest BCUT2D eigenvalue weighted by Crippen LogP contribution is -2.41. The number of nitrogens with one attached hydrogen (secondary N) is 2. The summed E-state index contributed by atoms with van der Waals surface area (Å²) in [7, 11) is 0. The number of benzene rings is 2. The van der Waals surface area contributed by atoms with Crippen molar-refractivity contribution in [3.63, 3.8) is 0 Å². The molecule has 5 nitrogen and oxygen atoms in total. The van der Waals surface area contributed by atoms with Crippen LogP contribution in [-0.2, 0) is 11.3 Å². The van der Waals surface area contributed by atoms with Crippen LogP contribution in [0.4, 0.5) is 0 Å². The van der Waals surface area contributed by atoms with E-state index in [0.717, 1.165) is 5.56 Å². The van der Waals surface area contributed by atoms with Gasteiger partial charge in [-0.25, -0.2) is 0 Å². The Balaban J connectivity index is 1.45. The fourth-order valence-corrected chi connectivity index (χ4v) is 3.13. The zero-order valence-corrected chi connectivity index (χ0v) is 18.0. The highest BCUT2D eigenvalue weighted by Crippen LogP contribution is 2.27. The predicted octanol–water partition coefficient (Wildman–Crippen LogP) is 5.48. The van der Waals surface area contributed by atoms with Crippen LogP contribution in [0.25, 0.3) is 11.3 Å². The van der Waals surface area contributed by atoms with E-state index < -0.39 is 5.91 Å². The minimum Gasteiger partial charge on any atom is -0.482 e. The molecule has 1 aromatic heterocycles. The highest BCUT2D eigenvalue weighted by atomic mass is 35.5. The molecule has 29 heavy (non-hydrogen) atoms. The largest absolute Gasteiger partial charge is 0.482 e. The van der Waals surface area contributed by atoms with Crippen molar-refractivity contribution in [1.29, 1.82) is 0 Å². The maximum absolute atomic E-state index is 12.0. The first-order valence-electron chi connectivity index (χ1n) is 8.41. The van der Waals surface area contributed by atoms with Gasteiger partial charge in [-0.2, -0.15) is 0 Å². The number of carbonyl (C=O) groups excluding carboxylic acids is 1. The van der Waals surface area contributed by atoms with E-state index in [1.165, 1.54) is 6.07 Å². The molecule has 0 aliphatic heterocycles. The average molecular weight is 470 g/mol. The molecule has 9 heteroatoms. The van der Waals surface area contributed by atoms with Crippen LogP contribution in [0.3, 0.4) is 0 Å². The van der Waals surface area contributed by atoms with Gasteiger partial charge in [-0.3, -0.25) is 4.79 Å². The minimum atomic E-state index is -0.421. The van der Waals surface area contributed by atoms with Crippen LogP contribution in [0, 0.1) is 0 Å². The first-order chi connectivity index (χ1) is 13.9. The van der Waals surface area contributed by atoms with Crippen LogP contribution < -0.4 is 15.4 Å². The van der Waals surface area contributed by atoms with Crippen LogP contribution in [0.1, 0.15) is 5.76 Å². The summed E-state index contributed by atoms with van der Waals surface area (Å²) in [6, 6.07) is 15.7. The average Bonchev–Trinajstić information content (AvgIpc) is 3.15. The van der Waals surface area contributed by atoms with Gasteiger partial charge in [-0.05, 0) is 66.8 Å². The molecule has 0 aliphatic rings. The van der Waals surface area contributed by atoms with Gasteiger partial charge in [0.1, 0.15) is 17.3 Å². The number of carbonyl (C=O) groups is 1. The van der Waals surface area contributed by atoms with Crippen molar-refractivity contribution in [2.24, 2.45) is 0 Å². The number of hydrogen-bond acceptors (Lipinski definition) is 4. The van der Waals surface area contributed by atoms with Crippen LogP contribution in [-0.4, -0.2) is 17.6 Å². The molecule has 0 bridgehead atoms. The lowest BCUT2D eigenvalue weighted by molar-refractivity contribution is -0.121. The summed E-state index contributed by atoms with van der Waals surface area (Å²) in [5.74, 6) is 1.31. The van der Waals surface area contributed by atoms with Gasteiger partial charge in [0.25, 0.3) is 5.91 Å². The molecular weight excluding hydrogens is 455 g/mol. The second kappa shape index (κ2) is 9.98. The molecule has 3 rings (SSSR count). The Morgan fingerprint density at radius 2 is 1.72 bits per heavy atom. The number of furan rings is 1. The molecule has 1 amide bonds. The van der Waals surface area contributed by atoms with Gasteiger partial charge in [0, 0.05) is 15.6 Å². The smallest absolute Gasteiger partial charge is 0.264 e. The molecule has 2 aromatic carbocycles. The molecular formula is C20H15Cl3N2O3S. The molecule has 0 fully saturated rings. The summed E-state index contributed by atoms with van der Waals surface area (Å²) in [5, 5.41) is 7.05. The van der Waals surface area contributed by atoms with Crippen molar-refractivity contribution < 1.29 is 13.9 Å². The molecule has 150 valence electrons. The number of thiocarbonyl (C=S) groups is 1. The summed E-state index contributed by atoms with van der Waals surface area (Å²) in [6.07, 6.45) is 0. The first-order valence-corrected chi connectivity index (χ1v) is 9.95. The van der Waals surface area contributed by atoms with Crippen molar-refractivity contribution in [1.82, 2.24) is 10.6 Å². The van der Waals surface area contributed by atoms with Crippen LogP contribution in [0.2, 0.25) is 15.1 Å². The van der Waals surface area contributed by atoms with E-state index in [2.05, 4.69) is 10.6 Å². The summed E-state index contributed by atoms with van der Waals surface area (Å²) in [5.41, 5.74) is 0.912. The monoisotopic (exact) mass is 468 g/mol.